The lowest BCUT2D eigenvalue weighted by molar-refractivity contribution is -0.135. The summed E-state index contributed by atoms with van der Waals surface area (Å²) in [5.74, 6) is -0.743. The zero-order chi connectivity index (χ0) is 18.3. The van der Waals surface area contributed by atoms with Crippen LogP contribution in [0.1, 0.15) is 24.5 Å². The van der Waals surface area contributed by atoms with E-state index in [1.54, 1.807) is 42.5 Å². The molecule has 0 aliphatic rings. The average molecular weight is 361 g/mol. The van der Waals surface area contributed by atoms with Gasteiger partial charge in [0, 0.05) is 5.56 Å². The zero-order valence-corrected chi connectivity index (χ0v) is 14.8. The molecule has 6 nitrogen and oxygen atoms in total. The highest BCUT2D eigenvalue weighted by Gasteiger charge is 2.20. The van der Waals surface area contributed by atoms with Crippen molar-refractivity contribution in [3.63, 3.8) is 0 Å². The topological polar surface area (TPSA) is 82.0 Å². The summed E-state index contributed by atoms with van der Waals surface area (Å²) in [7, 11) is -4.13. The molecule has 0 amide bonds. The summed E-state index contributed by atoms with van der Waals surface area (Å²) in [6.07, 6.45) is 0.635. The Kier molecular flexibility index (Phi) is 6.30. The lowest BCUT2D eigenvalue weighted by atomic mass is 10.1. The predicted octanol–water partition coefficient (Wildman–Crippen LogP) is 3.06. The standard InChI is InChI=1S/C18H19NO5S/c1-3-13-23-18(20)17(15-7-5-4-6-8-15)19-24-25(21,22)16-11-9-14(2)10-12-16/h4-12H,3,13H2,1-2H3/b19-17+. The van der Waals surface area contributed by atoms with Gasteiger partial charge < -0.3 is 4.74 Å². The van der Waals surface area contributed by atoms with E-state index in [1.807, 2.05) is 13.8 Å². The van der Waals surface area contributed by atoms with E-state index in [-0.39, 0.29) is 17.2 Å². The molecule has 7 heteroatoms. The van der Waals surface area contributed by atoms with Crippen molar-refractivity contribution in [2.24, 2.45) is 5.16 Å². The van der Waals surface area contributed by atoms with Crippen molar-refractivity contribution >= 4 is 21.8 Å². The number of oxime groups is 1. The van der Waals surface area contributed by atoms with Crippen LogP contribution in [0.3, 0.4) is 0 Å². The number of rotatable bonds is 7. The minimum absolute atomic E-state index is 0.0452. The third-order valence-electron chi connectivity index (χ3n) is 3.21. The van der Waals surface area contributed by atoms with E-state index < -0.39 is 16.1 Å². The molecule has 0 saturated heterocycles. The molecule has 25 heavy (non-hydrogen) atoms. The molecule has 0 spiro atoms. The van der Waals surface area contributed by atoms with Crippen molar-refractivity contribution < 1.29 is 22.2 Å². The molecule has 0 aliphatic heterocycles. The van der Waals surface area contributed by atoms with Crippen LogP contribution in [0.25, 0.3) is 0 Å². The summed E-state index contributed by atoms with van der Waals surface area (Å²) in [6, 6.07) is 14.5. The normalized spacial score (nSPS) is 11.8. The molecule has 0 radical (unpaired) electrons. The highest BCUT2D eigenvalue weighted by atomic mass is 32.2. The Balaban J connectivity index is 2.30. The van der Waals surface area contributed by atoms with Crippen molar-refractivity contribution in [2.45, 2.75) is 25.2 Å². The van der Waals surface area contributed by atoms with Crippen molar-refractivity contribution in [1.82, 2.24) is 0 Å². The van der Waals surface area contributed by atoms with Gasteiger partial charge in [0.2, 0.25) is 0 Å². The quantitative estimate of drug-likeness (QED) is 0.430. The molecular formula is C18H19NO5S. The maximum absolute atomic E-state index is 12.2. The molecule has 0 N–H and O–H groups in total. The third-order valence-corrected chi connectivity index (χ3v) is 4.33. The summed E-state index contributed by atoms with van der Waals surface area (Å²) in [6.45, 7) is 3.90. The van der Waals surface area contributed by atoms with E-state index in [1.165, 1.54) is 12.1 Å². The maximum Gasteiger partial charge on any atom is 0.361 e. The van der Waals surface area contributed by atoms with Crippen molar-refractivity contribution in [2.75, 3.05) is 6.61 Å². The van der Waals surface area contributed by atoms with Crippen molar-refractivity contribution in [1.29, 1.82) is 0 Å². The van der Waals surface area contributed by atoms with Gasteiger partial charge in [-0.25, -0.2) is 4.79 Å². The Hall–Kier alpha value is -2.67. The van der Waals surface area contributed by atoms with E-state index >= 15 is 0 Å². The lowest BCUT2D eigenvalue weighted by Gasteiger charge is -2.07. The van der Waals surface area contributed by atoms with Crippen LogP contribution < -0.4 is 0 Å². The van der Waals surface area contributed by atoms with Gasteiger partial charge in [0.25, 0.3) is 0 Å². The summed E-state index contributed by atoms with van der Waals surface area (Å²) < 4.78 is 34.3. The molecule has 0 bridgehead atoms. The first-order chi connectivity index (χ1) is 11.9. The Bertz CT molecular complexity index is 843. The second-order valence-electron chi connectivity index (χ2n) is 5.28. The smallest absolute Gasteiger partial charge is 0.361 e. The van der Waals surface area contributed by atoms with Crippen LogP contribution in [0.2, 0.25) is 0 Å². The van der Waals surface area contributed by atoms with Gasteiger partial charge in [-0.2, -0.15) is 8.42 Å². The van der Waals surface area contributed by atoms with Crippen LogP contribution in [-0.2, 0) is 23.9 Å². The largest absolute Gasteiger partial charge is 0.461 e. The van der Waals surface area contributed by atoms with E-state index in [2.05, 4.69) is 5.16 Å². The summed E-state index contributed by atoms with van der Waals surface area (Å²) >= 11 is 0. The second kappa shape index (κ2) is 8.43. The SMILES string of the molecule is CCCOC(=O)/C(=N/OS(=O)(=O)c1ccc(C)cc1)c1ccccc1. The number of benzene rings is 2. The molecule has 0 atom stereocenters. The fraction of sp³-hybridized carbons (Fsp3) is 0.222. The molecular weight excluding hydrogens is 342 g/mol. The molecule has 132 valence electrons. The first-order valence-corrected chi connectivity index (χ1v) is 9.15. The van der Waals surface area contributed by atoms with E-state index in [9.17, 15) is 13.2 Å². The number of esters is 1. The van der Waals surface area contributed by atoms with Gasteiger partial charge in [-0.1, -0.05) is 60.1 Å². The number of carbonyl (C=O) groups excluding carboxylic acids is 1. The minimum Gasteiger partial charge on any atom is -0.461 e. The Morgan fingerprint density at radius 1 is 1.04 bits per heavy atom. The Labute approximate surface area is 147 Å². The van der Waals surface area contributed by atoms with Gasteiger partial charge >= 0.3 is 16.1 Å². The van der Waals surface area contributed by atoms with Crippen LogP contribution >= 0.6 is 0 Å². The van der Waals surface area contributed by atoms with Crippen molar-refractivity contribution in [3.05, 3.63) is 65.7 Å². The molecule has 0 unspecified atom stereocenters. The second-order valence-corrected chi connectivity index (χ2v) is 6.81. The molecule has 0 aromatic heterocycles. The van der Waals surface area contributed by atoms with Gasteiger partial charge in [0.05, 0.1) is 6.61 Å². The number of hydrogen-bond donors (Lipinski definition) is 0. The van der Waals surface area contributed by atoms with Gasteiger partial charge in [-0.05, 0) is 25.5 Å². The highest BCUT2D eigenvalue weighted by molar-refractivity contribution is 7.86. The number of hydrogen-bond acceptors (Lipinski definition) is 6. The zero-order valence-electron chi connectivity index (χ0n) is 14.0. The number of carbonyl (C=O) groups is 1. The van der Waals surface area contributed by atoms with E-state index in [0.717, 1.165) is 5.56 Å². The van der Waals surface area contributed by atoms with E-state index in [0.29, 0.717) is 12.0 Å². The summed E-state index contributed by atoms with van der Waals surface area (Å²) in [5.41, 5.74) is 1.11. The lowest BCUT2D eigenvalue weighted by Crippen LogP contribution is -2.20. The minimum atomic E-state index is -4.13. The molecule has 2 aromatic rings. The molecule has 0 fully saturated rings. The van der Waals surface area contributed by atoms with Crippen LogP contribution in [0, 0.1) is 6.92 Å². The third kappa shape index (κ3) is 5.15. The van der Waals surface area contributed by atoms with Crippen LogP contribution in [0.15, 0.2) is 64.6 Å². The summed E-state index contributed by atoms with van der Waals surface area (Å²) in [5, 5.41) is 3.57. The van der Waals surface area contributed by atoms with Crippen molar-refractivity contribution in [3.8, 4) is 0 Å². The fourth-order valence-corrected chi connectivity index (χ4v) is 2.63. The first-order valence-electron chi connectivity index (χ1n) is 7.75. The van der Waals surface area contributed by atoms with Gasteiger partial charge in [-0.15, -0.1) is 0 Å². The first kappa shape index (κ1) is 18.7. The average Bonchev–Trinajstić information content (AvgIpc) is 2.61. The molecule has 0 heterocycles. The highest BCUT2D eigenvalue weighted by Crippen LogP contribution is 2.14. The number of ether oxygens (including phenoxy) is 1. The van der Waals surface area contributed by atoms with Gasteiger partial charge in [-0.3, -0.25) is 4.28 Å². The molecule has 0 aliphatic carbocycles. The summed E-state index contributed by atoms with van der Waals surface area (Å²) in [4.78, 5) is 12.1. The Morgan fingerprint density at radius 3 is 2.28 bits per heavy atom. The maximum atomic E-state index is 12.2. The van der Waals surface area contributed by atoms with Crippen LogP contribution in [0.4, 0.5) is 0 Å². The van der Waals surface area contributed by atoms with Gasteiger partial charge in [0.15, 0.2) is 5.71 Å². The molecule has 2 aromatic carbocycles. The molecule has 0 saturated carbocycles. The Morgan fingerprint density at radius 2 is 1.68 bits per heavy atom. The van der Waals surface area contributed by atoms with E-state index in [4.69, 9.17) is 9.02 Å². The van der Waals surface area contributed by atoms with Gasteiger partial charge in [0.1, 0.15) is 4.90 Å². The number of nitrogens with zero attached hydrogens (tertiary/aromatic N) is 1. The monoisotopic (exact) mass is 361 g/mol. The molecule has 2 rings (SSSR count). The van der Waals surface area contributed by atoms with Crippen LogP contribution in [0.5, 0.6) is 0 Å². The predicted molar refractivity (Wildman–Crippen MR) is 93.7 cm³/mol. The fourth-order valence-electron chi connectivity index (χ4n) is 1.90. The number of aryl methyl sites for hydroxylation is 1. The van der Waals surface area contributed by atoms with Crippen LogP contribution in [-0.4, -0.2) is 26.7 Å².